The lowest BCUT2D eigenvalue weighted by molar-refractivity contribution is -0.0934. The molecule has 0 aromatic heterocycles. The quantitative estimate of drug-likeness (QED) is 0.385. The largest absolute Gasteiger partial charge is 0.0625 e. The lowest BCUT2D eigenvalue weighted by Crippen LogP contribution is -2.51. The van der Waals surface area contributed by atoms with Gasteiger partial charge >= 0.3 is 0 Å². The Hall–Kier alpha value is 0. The summed E-state index contributed by atoms with van der Waals surface area (Å²) >= 11 is 0. The molecule has 1 saturated carbocycles. The zero-order valence-corrected chi connectivity index (χ0v) is 20.6. The molecule has 1 aliphatic carbocycles. The van der Waals surface area contributed by atoms with Gasteiger partial charge in [0, 0.05) is 0 Å². The van der Waals surface area contributed by atoms with Crippen molar-refractivity contribution in [2.75, 3.05) is 0 Å². The molecule has 0 radical (unpaired) electrons. The van der Waals surface area contributed by atoms with E-state index in [0.29, 0.717) is 5.41 Å². The SMILES string of the molecule is CC(C)C(C)C(C)C(C)C(C)C(C)C(C)C(C)C(C)C1(C)C(C)CC1C. The maximum atomic E-state index is 2.57. The van der Waals surface area contributed by atoms with E-state index in [4.69, 9.17) is 0 Å². The molecule has 10 unspecified atom stereocenters. The van der Waals surface area contributed by atoms with Crippen LogP contribution < -0.4 is 0 Å². The Morgan fingerprint density at radius 3 is 1.15 bits per heavy atom. The fourth-order valence-corrected chi connectivity index (χ4v) is 6.28. The Labute approximate surface area is 167 Å². The molecule has 0 heteroatoms. The van der Waals surface area contributed by atoms with Crippen molar-refractivity contribution in [1.82, 2.24) is 0 Å². The van der Waals surface area contributed by atoms with Gasteiger partial charge in [-0.1, -0.05) is 90.0 Å². The summed E-state index contributed by atoms with van der Waals surface area (Å²) in [7, 11) is 0. The molecule has 0 aromatic rings. The van der Waals surface area contributed by atoms with Crippen molar-refractivity contribution < 1.29 is 0 Å². The third kappa shape index (κ3) is 4.35. The predicted molar refractivity (Wildman–Crippen MR) is 119 cm³/mol. The van der Waals surface area contributed by atoms with Crippen molar-refractivity contribution in [3.63, 3.8) is 0 Å². The van der Waals surface area contributed by atoms with E-state index in [1.54, 1.807) is 0 Å². The van der Waals surface area contributed by atoms with E-state index in [0.717, 1.165) is 65.1 Å². The molecule has 26 heavy (non-hydrogen) atoms. The van der Waals surface area contributed by atoms with Crippen molar-refractivity contribution in [1.29, 1.82) is 0 Å². The third-order valence-electron chi connectivity index (χ3n) is 10.6. The van der Waals surface area contributed by atoms with Gasteiger partial charge < -0.3 is 0 Å². The average Bonchev–Trinajstić information content (AvgIpc) is 2.62. The van der Waals surface area contributed by atoms with Crippen LogP contribution in [-0.2, 0) is 0 Å². The van der Waals surface area contributed by atoms with Crippen LogP contribution in [0.1, 0.15) is 96.4 Å². The highest BCUT2D eigenvalue weighted by atomic mass is 14.6. The molecule has 0 aromatic carbocycles. The van der Waals surface area contributed by atoms with Crippen LogP contribution in [-0.4, -0.2) is 0 Å². The first-order valence-electron chi connectivity index (χ1n) is 11.8. The molecule has 0 saturated heterocycles. The minimum atomic E-state index is 0.543. The Balaban J connectivity index is 2.80. The monoisotopic (exact) mass is 364 g/mol. The first-order chi connectivity index (χ1) is 11.8. The van der Waals surface area contributed by atoms with Gasteiger partial charge in [-0.15, -0.1) is 0 Å². The van der Waals surface area contributed by atoms with Gasteiger partial charge in [-0.2, -0.15) is 0 Å². The predicted octanol–water partition coefficient (Wildman–Crippen LogP) is 8.41. The average molecular weight is 365 g/mol. The second-order valence-electron chi connectivity index (χ2n) is 11.5. The zero-order valence-electron chi connectivity index (χ0n) is 20.6. The Morgan fingerprint density at radius 1 is 0.538 bits per heavy atom. The highest BCUT2D eigenvalue weighted by Crippen LogP contribution is 2.58. The Bertz CT molecular complexity index is 414. The van der Waals surface area contributed by atoms with E-state index in [1.807, 2.05) is 0 Å². The second kappa shape index (κ2) is 9.00. The molecule has 0 amide bonds. The van der Waals surface area contributed by atoms with Gasteiger partial charge in [0.1, 0.15) is 0 Å². The molecule has 1 fully saturated rings. The normalized spacial score (nSPS) is 35.8. The van der Waals surface area contributed by atoms with Crippen LogP contribution in [0.15, 0.2) is 0 Å². The standard InChI is InChI=1S/C26H52/c1-15(2)18(5)19(6)20(7)21(8)22(9)23(10)24(11)25(12)26(13)16(3)14-17(26)4/h15-25H,14H2,1-13H3. The fourth-order valence-electron chi connectivity index (χ4n) is 6.28. The van der Waals surface area contributed by atoms with Crippen molar-refractivity contribution in [2.45, 2.75) is 96.4 Å². The van der Waals surface area contributed by atoms with E-state index in [9.17, 15) is 0 Å². The summed E-state index contributed by atoms with van der Waals surface area (Å²) in [5.41, 5.74) is 0.543. The molecule has 0 aliphatic heterocycles. The van der Waals surface area contributed by atoms with Crippen LogP contribution >= 0.6 is 0 Å². The molecule has 0 N–H and O–H groups in total. The van der Waals surface area contributed by atoms with Crippen LogP contribution in [0.25, 0.3) is 0 Å². The minimum absolute atomic E-state index is 0.543. The van der Waals surface area contributed by atoms with Crippen LogP contribution in [0, 0.1) is 70.5 Å². The van der Waals surface area contributed by atoms with Crippen molar-refractivity contribution in [2.24, 2.45) is 70.5 Å². The smallest absolute Gasteiger partial charge is 0.0246 e. The molecule has 0 nitrogen and oxygen atoms in total. The molecule has 0 heterocycles. The molecule has 156 valence electrons. The van der Waals surface area contributed by atoms with Gasteiger partial charge in [0.05, 0.1) is 0 Å². The van der Waals surface area contributed by atoms with Crippen LogP contribution in [0.3, 0.4) is 0 Å². The summed E-state index contributed by atoms with van der Waals surface area (Å²) in [4.78, 5) is 0. The third-order valence-corrected chi connectivity index (χ3v) is 10.6. The Kier molecular flexibility index (Phi) is 8.32. The maximum absolute atomic E-state index is 2.57. The lowest BCUT2D eigenvalue weighted by Gasteiger charge is -2.58. The molecular formula is C26H52. The molecular weight excluding hydrogens is 312 g/mol. The molecule has 1 rings (SSSR count). The summed E-state index contributed by atoms with van der Waals surface area (Å²) in [6.45, 7) is 32.5. The number of rotatable bonds is 9. The van der Waals surface area contributed by atoms with Crippen LogP contribution in [0.2, 0.25) is 0 Å². The molecule has 10 atom stereocenters. The van der Waals surface area contributed by atoms with Gasteiger partial charge in [-0.3, -0.25) is 0 Å². The summed E-state index contributed by atoms with van der Waals surface area (Å²) in [5, 5.41) is 0. The van der Waals surface area contributed by atoms with Crippen LogP contribution in [0.4, 0.5) is 0 Å². The first-order valence-corrected chi connectivity index (χ1v) is 11.8. The van der Waals surface area contributed by atoms with E-state index in [2.05, 4.69) is 90.0 Å². The van der Waals surface area contributed by atoms with Crippen LogP contribution in [0.5, 0.6) is 0 Å². The Morgan fingerprint density at radius 2 is 0.846 bits per heavy atom. The summed E-state index contributed by atoms with van der Waals surface area (Å²) in [6, 6.07) is 0. The number of hydrogen-bond acceptors (Lipinski definition) is 0. The fraction of sp³-hybridized carbons (Fsp3) is 1.00. The highest BCUT2D eigenvalue weighted by molar-refractivity contribution is 5.00. The van der Waals surface area contributed by atoms with Gasteiger partial charge in [0.2, 0.25) is 0 Å². The van der Waals surface area contributed by atoms with Crippen molar-refractivity contribution in [3.8, 4) is 0 Å². The minimum Gasteiger partial charge on any atom is -0.0625 e. The first kappa shape index (κ1) is 24.0. The second-order valence-corrected chi connectivity index (χ2v) is 11.5. The zero-order chi connectivity index (χ0) is 20.6. The van der Waals surface area contributed by atoms with E-state index in [1.165, 1.54) is 6.42 Å². The summed E-state index contributed by atoms with van der Waals surface area (Å²) in [6.07, 6.45) is 1.43. The van der Waals surface area contributed by atoms with Crippen molar-refractivity contribution in [3.05, 3.63) is 0 Å². The topological polar surface area (TPSA) is 0 Å². The van der Waals surface area contributed by atoms with E-state index < -0.39 is 0 Å². The van der Waals surface area contributed by atoms with Gasteiger partial charge in [0.25, 0.3) is 0 Å². The molecule has 0 spiro atoms. The van der Waals surface area contributed by atoms with Gasteiger partial charge in [-0.05, 0) is 76.9 Å². The lowest BCUT2D eigenvalue weighted by atomic mass is 9.47. The highest BCUT2D eigenvalue weighted by Gasteiger charge is 2.51. The van der Waals surface area contributed by atoms with Gasteiger partial charge in [0.15, 0.2) is 0 Å². The van der Waals surface area contributed by atoms with Gasteiger partial charge in [-0.25, -0.2) is 0 Å². The number of hydrogen-bond donors (Lipinski definition) is 0. The van der Waals surface area contributed by atoms with E-state index >= 15 is 0 Å². The summed E-state index contributed by atoms with van der Waals surface area (Å²) < 4.78 is 0. The van der Waals surface area contributed by atoms with E-state index in [-0.39, 0.29) is 0 Å². The summed E-state index contributed by atoms with van der Waals surface area (Å²) in [5.74, 6) is 8.96. The molecule has 0 bridgehead atoms. The molecule has 1 aliphatic rings. The maximum Gasteiger partial charge on any atom is -0.0246 e. The van der Waals surface area contributed by atoms with Crippen molar-refractivity contribution >= 4 is 0 Å².